The molecule has 6 heteroatoms. The summed E-state index contributed by atoms with van der Waals surface area (Å²) in [6.07, 6.45) is 2.12. The Balaban J connectivity index is 2.14. The first-order chi connectivity index (χ1) is 11.5. The lowest BCUT2D eigenvalue weighted by Crippen LogP contribution is -1.98. The van der Waals surface area contributed by atoms with E-state index >= 15 is 0 Å². The summed E-state index contributed by atoms with van der Waals surface area (Å²) >= 11 is 0. The minimum absolute atomic E-state index is 0.0366. The van der Waals surface area contributed by atoms with Gasteiger partial charge in [-0.25, -0.2) is 0 Å². The number of unbranched alkanes of at least 4 members (excludes halogenated alkanes) is 1. The van der Waals surface area contributed by atoms with Crippen molar-refractivity contribution in [3.8, 4) is 5.75 Å². The fourth-order valence-corrected chi connectivity index (χ4v) is 2.12. The van der Waals surface area contributed by atoms with Gasteiger partial charge in [0.05, 0.1) is 22.9 Å². The van der Waals surface area contributed by atoms with Crippen LogP contribution in [-0.4, -0.2) is 11.5 Å². The van der Waals surface area contributed by atoms with Gasteiger partial charge in [0.25, 0.3) is 5.69 Å². The van der Waals surface area contributed by atoms with Crippen LogP contribution in [0.5, 0.6) is 5.75 Å². The highest BCUT2D eigenvalue weighted by Crippen LogP contribution is 2.30. The van der Waals surface area contributed by atoms with Crippen molar-refractivity contribution in [2.45, 2.75) is 33.6 Å². The Hall–Kier alpha value is -2.76. The van der Waals surface area contributed by atoms with Crippen LogP contribution in [0.2, 0.25) is 0 Å². The van der Waals surface area contributed by atoms with Crippen LogP contribution in [0.3, 0.4) is 0 Å². The summed E-state index contributed by atoms with van der Waals surface area (Å²) in [7, 11) is 0. The van der Waals surface area contributed by atoms with Crippen molar-refractivity contribution < 1.29 is 9.66 Å². The SMILES string of the molecule is CCCCOc1cc(C)c(N=Nc2ccc([N+](=O)[O-])cc2)cc1C. The largest absolute Gasteiger partial charge is 0.493 e. The minimum atomic E-state index is -0.439. The van der Waals surface area contributed by atoms with Crippen LogP contribution in [0.25, 0.3) is 0 Å². The average Bonchev–Trinajstić information content (AvgIpc) is 2.57. The fraction of sp³-hybridized carbons (Fsp3) is 0.333. The maximum absolute atomic E-state index is 10.6. The third kappa shape index (κ3) is 4.62. The quantitative estimate of drug-likeness (QED) is 0.279. The Kier molecular flexibility index (Phi) is 6.01. The molecule has 0 amide bonds. The van der Waals surface area contributed by atoms with Gasteiger partial charge in [-0.15, -0.1) is 0 Å². The van der Waals surface area contributed by atoms with Crippen molar-refractivity contribution in [1.82, 2.24) is 0 Å². The standard InChI is InChI=1S/C18H21N3O3/c1-4-5-10-24-18-12-13(2)17(11-14(18)3)20-19-15-6-8-16(9-7-15)21(22)23/h6-9,11-12H,4-5,10H2,1-3H3. The number of azo groups is 1. The summed E-state index contributed by atoms with van der Waals surface area (Å²) in [6, 6.07) is 9.88. The number of nitro benzene ring substituents is 1. The van der Waals surface area contributed by atoms with Crippen molar-refractivity contribution in [3.05, 3.63) is 57.6 Å². The number of nitro groups is 1. The molecule has 0 bridgehead atoms. The van der Waals surface area contributed by atoms with E-state index in [1.807, 2.05) is 26.0 Å². The summed E-state index contributed by atoms with van der Waals surface area (Å²) in [5, 5.41) is 19.0. The number of ether oxygens (including phenoxy) is 1. The van der Waals surface area contributed by atoms with Gasteiger partial charge in [-0.3, -0.25) is 10.1 Å². The first kappa shape index (κ1) is 17.6. The van der Waals surface area contributed by atoms with E-state index < -0.39 is 4.92 Å². The van der Waals surface area contributed by atoms with Gasteiger partial charge in [0.1, 0.15) is 5.75 Å². The Morgan fingerprint density at radius 3 is 2.42 bits per heavy atom. The number of hydrogen-bond donors (Lipinski definition) is 0. The van der Waals surface area contributed by atoms with E-state index in [0.717, 1.165) is 35.4 Å². The molecule has 0 aliphatic heterocycles. The smallest absolute Gasteiger partial charge is 0.269 e. The number of hydrogen-bond acceptors (Lipinski definition) is 5. The highest BCUT2D eigenvalue weighted by molar-refractivity contribution is 5.53. The molecule has 2 rings (SSSR count). The highest BCUT2D eigenvalue weighted by atomic mass is 16.6. The van der Waals surface area contributed by atoms with Crippen LogP contribution < -0.4 is 4.74 Å². The fourth-order valence-electron chi connectivity index (χ4n) is 2.12. The van der Waals surface area contributed by atoms with Crippen LogP contribution in [0.1, 0.15) is 30.9 Å². The Morgan fingerprint density at radius 1 is 1.08 bits per heavy atom. The van der Waals surface area contributed by atoms with E-state index in [0.29, 0.717) is 12.3 Å². The van der Waals surface area contributed by atoms with E-state index in [9.17, 15) is 10.1 Å². The summed E-state index contributed by atoms with van der Waals surface area (Å²) in [4.78, 5) is 10.2. The molecule has 2 aromatic rings. The number of aryl methyl sites for hydroxylation is 2. The third-order valence-electron chi connectivity index (χ3n) is 3.58. The molecule has 0 fully saturated rings. The van der Waals surface area contributed by atoms with Crippen molar-refractivity contribution in [3.63, 3.8) is 0 Å². The minimum Gasteiger partial charge on any atom is -0.493 e. The average molecular weight is 327 g/mol. The van der Waals surface area contributed by atoms with Crippen LogP contribution in [0.15, 0.2) is 46.6 Å². The second-order valence-corrected chi connectivity index (χ2v) is 5.58. The van der Waals surface area contributed by atoms with Gasteiger partial charge in [-0.05, 0) is 55.7 Å². The topological polar surface area (TPSA) is 77.1 Å². The molecule has 0 spiro atoms. The van der Waals surface area contributed by atoms with Crippen LogP contribution in [0, 0.1) is 24.0 Å². The molecule has 0 heterocycles. The molecular formula is C18H21N3O3. The van der Waals surface area contributed by atoms with E-state index in [4.69, 9.17) is 4.74 Å². The first-order valence-electron chi connectivity index (χ1n) is 7.91. The molecule has 0 aliphatic rings. The Labute approximate surface area is 141 Å². The molecule has 0 saturated heterocycles. The molecule has 24 heavy (non-hydrogen) atoms. The van der Waals surface area contributed by atoms with Crippen LogP contribution >= 0.6 is 0 Å². The second kappa shape index (κ2) is 8.19. The van der Waals surface area contributed by atoms with Crippen molar-refractivity contribution in [1.29, 1.82) is 0 Å². The van der Waals surface area contributed by atoms with Gasteiger partial charge in [-0.1, -0.05) is 13.3 Å². The molecule has 6 nitrogen and oxygen atoms in total. The van der Waals surface area contributed by atoms with E-state index in [1.54, 1.807) is 12.1 Å². The molecule has 0 unspecified atom stereocenters. The molecule has 0 atom stereocenters. The summed E-state index contributed by atoms with van der Waals surface area (Å²) < 4.78 is 5.78. The number of nitrogens with zero attached hydrogens (tertiary/aromatic N) is 3. The van der Waals surface area contributed by atoms with Crippen molar-refractivity contribution in [2.75, 3.05) is 6.61 Å². The van der Waals surface area contributed by atoms with Gasteiger partial charge >= 0.3 is 0 Å². The maximum Gasteiger partial charge on any atom is 0.269 e. The van der Waals surface area contributed by atoms with Crippen molar-refractivity contribution in [2.24, 2.45) is 10.2 Å². The lowest BCUT2D eigenvalue weighted by Gasteiger charge is -2.10. The van der Waals surface area contributed by atoms with Gasteiger partial charge < -0.3 is 4.74 Å². The molecule has 0 saturated carbocycles. The number of rotatable bonds is 7. The van der Waals surface area contributed by atoms with Crippen LogP contribution in [0.4, 0.5) is 17.1 Å². The molecule has 126 valence electrons. The lowest BCUT2D eigenvalue weighted by molar-refractivity contribution is -0.384. The highest BCUT2D eigenvalue weighted by Gasteiger charge is 2.06. The molecule has 0 radical (unpaired) electrons. The zero-order valence-electron chi connectivity index (χ0n) is 14.2. The Morgan fingerprint density at radius 2 is 1.79 bits per heavy atom. The lowest BCUT2D eigenvalue weighted by atomic mass is 10.1. The van der Waals surface area contributed by atoms with E-state index in [2.05, 4.69) is 17.2 Å². The monoisotopic (exact) mass is 327 g/mol. The second-order valence-electron chi connectivity index (χ2n) is 5.58. The summed E-state index contributed by atoms with van der Waals surface area (Å²) in [5.41, 5.74) is 3.34. The van der Waals surface area contributed by atoms with Gasteiger partial charge in [0.2, 0.25) is 0 Å². The molecule has 0 aliphatic carbocycles. The van der Waals surface area contributed by atoms with Crippen LogP contribution in [-0.2, 0) is 0 Å². The van der Waals surface area contributed by atoms with E-state index in [-0.39, 0.29) is 5.69 Å². The van der Waals surface area contributed by atoms with Crippen molar-refractivity contribution >= 4 is 17.1 Å². The maximum atomic E-state index is 10.6. The molecule has 2 aromatic carbocycles. The zero-order valence-corrected chi connectivity index (χ0v) is 14.2. The third-order valence-corrected chi connectivity index (χ3v) is 3.58. The van der Waals surface area contributed by atoms with Gasteiger partial charge in [0.15, 0.2) is 0 Å². The van der Waals surface area contributed by atoms with E-state index in [1.165, 1.54) is 12.1 Å². The summed E-state index contributed by atoms with van der Waals surface area (Å²) in [5.74, 6) is 0.871. The molecule has 0 aromatic heterocycles. The molecule has 0 N–H and O–H groups in total. The van der Waals surface area contributed by atoms with Gasteiger partial charge in [0, 0.05) is 12.1 Å². The summed E-state index contributed by atoms with van der Waals surface area (Å²) in [6.45, 7) is 6.77. The zero-order chi connectivity index (χ0) is 17.5. The van der Waals surface area contributed by atoms with Gasteiger partial charge in [-0.2, -0.15) is 10.2 Å². The Bertz CT molecular complexity index is 740. The normalized spacial score (nSPS) is 11.0. The number of benzene rings is 2. The predicted octanol–water partition coefficient (Wildman–Crippen LogP) is 5.81. The number of non-ortho nitro benzene ring substituents is 1. The first-order valence-corrected chi connectivity index (χ1v) is 7.91. The molecular weight excluding hydrogens is 306 g/mol. The predicted molar refractivity (Wildman–Crippen MR) is 93.6 cm³/mol.